The number of ketones is 1. The number of carbonyl (C=O) groups excluding carboxylic acids is 1. The minimum Gasteiger partial charge on any atom is -0.372 e. The van der Waals surface area contributed by atoms with Crippen LogP contribution < -0.4 is 5.32 Å². The summed E-state index contributed by atoms with van der Waals surface area (Å²) in [4.78, 5) is 15.8. The molecular weight excluding hydrogens is 308 g/mol. The van der Waals surface area contributed by atoms with Gasteiger partial charge in [-0.25, -0.2) is 0 Å². The van der Waals surface area contributed by atoms with Crippen molar-refractivity contribution in [1.29, 1.82) is 0 Å². The first-order valence-corrected chi connectivity index (χ1v) is 10.3. The Labute approximate surface area is 152 Å². The molecule has 1 aromatic carbocycles. The van der Waals surface area contributed by atoms with E-state index in [0.717, 1.165) is 43.1 Å². The summed E-state index contributed by atoms with van der Waals surface area (Å²) in [5.74, 6) is 1.69. The average Bonchev–Trinajstić information content (AvgIpc) is 2.90. The lowest BCUT2D eigenvalue weighted by molar-refractivity contribution is 0.0807. The number of likely N-dealkylation sites (tertiary alicyclic amines) is 1. The third-order valence-electron chi connectivity index (χ3n) is 6.71. The Morgan fingerprint density at radius 1 is 1.16 bits per heavy atom. The molecule has 4 rings (SSSR count). The van der Waals surface area contributed by atoms with Gasteiger partial charge in [-0.05, 0) is 55.2 Å². The van der Waals surface area contributed by atoms with Gasteiger partial charge < -0.3 is 10.2 Å². The molecule has 0 atom stereocenters. The largest absolute Gasteiger partial charge is 0.372 e. The zero-order chi connectivity index (χ0) is 17.4. The zero-order valence-corrected chi connectivity index (χ0v) is 15.8. The fourth-order valence-electron chi connectivity index (χ4n) is 4.99. The number of anilines is 1. The summed E-state index contributed by atoms with van der Waals surface area (Å²) in [5, 5.41) is 3.61. The Kier molecular flexibility index (Phi) is 4.61. The number of carbonyl (C=O) groups is 1. The number of benzene rings is 1. The SMILES string of the molecule is CC(C)c1ccc2c(c1)C(=O)C1(CCN(CC3CCCCC3)CC1)N2. The van der Waals surface area contributed by atoms with E-state index in [-0.39, 0.29) is 5.54 Å². The number of hydrogen-bond donors (Lipinski definition) is 1. The Morgan fingerprint density at radius 2 is 1.88 bits per heavy atom. The third kappa shape index (κ3) is 3.23. The van der Waals surface area contributed by atoms with Crippen LogP contribution in [0.2, 0.25) is 0 Å². The van der Waals surface area contributed by atoms with Crippen molar-refractivity contribution in [2.75, 3.05) is 25.0 Å². The second kappa shape index (κ2) is 6.75. The Hall–Kier alpha value is -1.35. The summed E-state index contributed by atoms with van der Waals surface area (Å²) >= 11 is 0. The van der Waals surface area contributed by atoms with Crippen molar-refractivity contribution in [1.82, 2.24) is 4.90 Å². The summed E-state index contributed by atoms with van der Waals surface area (Å²) in [6.45, 7) is 7.73. The van der Waals surface area contributed by atoms with Crippen molar-refractivity contribution in [2.45, 2.75) is 70.3 Å². The number of piperidine rings is 1. The average molecular weight is 341 g/mol. The van der Waals surface area contributed by atoms with E-state index < -0.39 is 0 Å². The van der Waals surface area contributed by atoms with Crippen molar-refractivity contribution < 1.29 is 4.79 Å². The predicted molar refractivity (Wildman–Crippen MR) is 103 cm³/mol. The number of nitrogens with zero attached hydrogens (tertiary/aromatic N) is 1. The van der Waals surface area contributed by atoms with Crippen molar-refractivity contribution >= 4 is 11.5 Å². The summed E-state index contributed by atoms with van der Waals surface area (Å²) in [5.41, 5.74) is 2.91. The number of rotatable bonds is 3. The molecule has 1 spiro atoms. The maximum Gasteiger partial charge on any atom is 0.190 e. The Balaban J connectivity index is 1.42. The van der Waals surface area contributed by atoms with Gasteiger partial charge >= 0.3 is 0 Å². The van der Waals surface area contributed by atoms with Crippen LogP contribution in [0.5, 0.6) is 0 Å². The molecule has 1 saturated heterocycles. The molecule has 0 aromatic heterocycles. The van der Waals surface area contributed by atoms with Gasteiger partial charge in [-0.15, -0.1) is 0 Å². The highest BCUT2D eigenvalue weighted by atomic mass is 16.1. The molecule has 1 aromatic rings. The lowest BCUT2D eigenvalue weighted by Gasteiger charge is -2.40. The molecule has 3 aliphatic rings. The van der Waals surface area contributed by atoms with E-state index in [1.165, 1.54) is 44.2 Å². The topological polar surface area (TPSA) is 32.3 Å². The van der Waals surface area contributed by atoms with E-state index in [1.54, 1.807) is 0 Å². The highest BCUT2D eigenvalue weighted by Crippen LogP contribution is 2.40. The maximum absolute atomic E-state index is 13.2. The first-order chi connectivity index (χ1) is 12.1. The van der Waals surface area contributed by atoms with Crippen molar-refractivity contribution in [3.63, 3.8) is 0 Å². The summed E-state index contributed by atoms with van der Waals surface area (Å²) in [7, 11) is 0. The molecule has 2 aliphatic heterocycles. The smallest absolute Gasteiger partial charge is 0.190 e. The van der Waals surface area contributed by atoms with E-state index in [0.29, 0.717) is 11.7 Å². The number of nitrogens with one attached hydrogen (secondary N) is 1. The standard InChI is InChI=1S/C22H32N2O/c1-16(2)18-8-9-20-19(14-18)21(25)22(23-20)10-12-24(13-11-22)15-17-6-4-3-5-7-17/h8-9,14,16-17,23H,3-7,10-13,15H2,1-2H3. The van der Waals surface area contributed by atoms with Gasteiger partial charge in [0.1, 0.15) is 5.54 Å². The molecule has 2 heterocycles. The maximum atomic E-state index is 13.2. The quantitative estimate of drug-likeness (QED) is 0.855. The lowest BCUT2D eigenvalue weighted by atomic mass is 9.82. The molecule has 0 bridgehead atoms. The monoisotopic (exact) mass is 340 g/mol. The number of hydrogen-bond acceptors (Lipinski definition) is 3. The second-order valence-corrected chi connectivity index (χ2v) is 8.80. The summed E-state index contributed by atoms with van der Waals surface area (Å²) in [6, 6.07) is 6.41. The second-order valence-electron chi connectivity index (χ2n) is 8.80. The van der Waals surface area contributed by atoms with Crippen molar-refractivity contribution in [2.24, 2.45) is 5.92 Å². The van der Waals surface area contributed by atoms with Crippen LogP contribution in [0.4, 0.5) is 5.69 Å². The first kappa shape index (κ1) is 17.1. The highest BCUT2D eigenvalue weighted by molar-refractivity contribution is 6.13. The van der Waals surface area contributed by atoms with Gasteiger partial charge in [0.15, 0.2) is 5.78 Å². The molecule has 25 heavy (non-hydrogen) atoms. The van der Waals surface area contributed by atoms with Gasteiger partial charge in [-0.1, -0.05) is 39.2 Å². The van der Waals surface area contributed by atoms with Crippen LogP contribution >= 0.6 is 0 Å². The first-order valence-electron chi connectivity index (χ1n) is 10.3. The van der Waals surface area contributed by atoms with Gasteiger partial charge in [0.25, 0.3) is 0 Å². The van der Waals surface area contributed by atoms with Crippen LogP contribution in [-0.4, -0.2) is 35.9 Å². The van der Waals surface area contributed by atoms with E-state index in [9.17, 15) is 4.79 Å². The lowest BCUT2D eigenvalue weighted by Crippen LogP contribution is -2.52. The molecule has 2 fully saturated rings. The number of fused-ring (bicyclic) bond motifs is 1. The fourth-order valence-corrected chi connectivity index (χ4v) is 4.99. The van der Waals surface area contributed by atoms with E-state index in [2.05, 4.69) is 42.3 Å². The molecule has 1 saturated carbocycles. The molecule has 0 amide bonds. The van der Waals surface area contributed by atoms with E-state index >= 15 is 0 Å². The molecule has 1 N–H and O–H groups in total. The van der Waals surface area contributed by atoms with Crippen LogP contribution in [0.25, 0.3) is 0 Å². The van der Waals surface area contributed by atoms with Gasteiger partial charge in [-0.3, -0.25) is 4.79 Å². The van der Waals surface area contributed by atoms with Gasteiger partial charge in [-0.2, -0.15) is 0 Å². The van der Waals surface area contributed by atoms with Crippen LogP contribution in [0.15, 0.2) is 18.2 Å². The van der Waals surface area contributed by atoms with Gasteiger partial charge in [0.05, 0.1) is 0 Å². The van der Waals surface area contributed by atoms with Crippen LogP contribution in [0.3, 0.4) is 0 Å². The Bertz CT molecular complexity index is 637. The minimum absolute atomic E-state index is 0.332. The molecule has 1 aliphatic carbocycles. The normalized spacial score (nSPS) is 23.9. The third-order valence-corrected chi connectivity index (χ3v) is 6.71. The molecule has 3 nitrogen and oxygen atoms in total. The van der Waals surface area contributed by atoms with E-state index in [4.69, 9.17) is 0 Å². The van der Waals surface area contributed by atoms with E-state index in [1.807, 2.05) is 0 Å². The van der Waals surface area contributed by atoms with Crippen LogP contribution in [0.1, 0.15) is 80.6 Å². The Morgan fingerprint density at radius 3 is 2.56 bits per heavy atom. The molecule has 0 radical (unpaired) electrons. The minimum atomic E-state index is -0.332. The highest BCUT2D eigenvalue weighted by Gasteiger charge is 2.47. The summed E-state index contributed by atoms with van der Waals surface area (Å²) < 4.78 is 0. The fraction of sp³-hybridized carbons (Fsp3) is 0.682. The summed E-state index contributed by atoms with van der Waals surface area (Å²) in [6.07, 6.45) is 8.96. The van der Waals surface area contributed by atoms with Crippen molar-refractivity contribution in [3.05, 3.63) is 29.3 Å². The molecule has 0 unspecified atom stereocenters. The molecular formula is C22H32N2O. The molecule has 136 valence electrons. The van der Waals surface area contributed by atoms with Gasteiger partial charge in [0.2, 0.25) is 0 Å². The van der Waals surface area contributed by atoms with Gasteiger partial charge in [0, 0.05) is 30.9 Å². The number of Topliss-reactive ketones (excluding diaryl/α,β-unsaturated/α-hetero) is 1. The van der Waals surface area contributed by atoms with Crippen LogP contribution in [-0.2, 0) is 0 Å². The van der Waals surface area contributed by atoms with Crippen molar-refractivity contribution in [3.8, 4) is 0 Å². The molecule has 3 heteroatoms. The zero-order valence-electron chi connectivity index (χ0n) is 15.8. The van der Waals surface area contributed by atoms with Crippen LogP contribution in [0, 0.1) is 5.92 Å². The predicted octanol–water partition coefficient (Wildman–Crippen LogP) is 4.83.